The van der Waals surface area contributed by atoms with Gasteiger partial charge in [0.25, 0.3) is 12.0 Å². The van der Waals surface area contributed by atoms with E-state index < -0.39 is 24.2 Å². The second-order valence-corrected chi connectivity index (χ2v) is 9.06. The highest BCUT2D eigenvalue weighted by atomic mass is 19.3. The number of rotatable bonds is 4. The summed E-state index contributed by atoms with van der Waals surface area (Å²) in [6.45, 7) is 0.602. The second-order valence-electron chi connectivity index (χ2n) is 9.06. The van der Waals surface area contributed by atoms with Crippen LogP contribution >= 0.6 is 0 Å². The van der Waals surface area contributed by atoms with Crippen LogP contribution < -0.4 is 5.56 Å². The maximum absolute atomic E-state index is 14.9. The summed E-state index contributed by atoms with van der Waals surface area (Å²) in [6.07, 6.45) is 0.640. The van der Waals surface area contributed by atoms with Crippen molar-refractivity contribution in [3.8, 4) is 11.3 Å². The molecule has 3 aromatic heterocycles. The Labute approximate surface area is 207 Å². The minimum absolute atomic E-state index is 0.00540. The first-order chi connectivity index (χ1) is 17.9. The van der Waals surface area contributed by atoms with Gasteiger partial charge in [0.1, 0.15) is 23.0 Å². The number of aromatic nitrogens is 4. The lowest BCUT2D eigenvalue weighted by Crippen LogP contribution is -2.24. The smallest absolute Gasteiger partial charge is 0.280 e. The Bertz CT molecular complexity index is 1580. The Kier molecular flexibility index (Phi) is 5.96. The summed E-state index contributed by atoms with van der Waals surface area (Å²) in [7, 11) is 0. The molecule has 4 aromatic rings. The summed E-state index contributed by atoms with van der Waals surface area (Å²) in [5.74, 6) is -1.81. The van der Waals surface area contributed by atoms with Gasteiger partial charge in [0.15, 0.2) is 5.65 Å². The first-order valence-electron chi connectivity index (χ1n) is 11.7. The van der Waals surface area contributed by atoms with Crippen molar-refractivity contribution < 1.29 is 27.0 Å². The third-order valence-electron chi connectivity index (χ3n) is 6.78. The number of nitrogens with zero attached hydrogens (tertiary/aromatic N) is 4. The largest absolute Gasteiger partial charge is 0.373 e. The van der Waals surface area contributed by atoms with Gasteiger partial charge in [-0.3, -0.25) is 14.2 Å². The molecule has 1 fully saturated rings. The quantitative estimate of drug-likeness (QED) is 0.357. The highest BCUT2D eigenvalue weighted by Crippen LogP contribution is 2.38. The molecule has 7 nitrogen and oxygen atoms in total. The first kappa shape index (κ1) is 23.7. The molecular formula is C26H20F4N4O3. The Hall–Kier alpha value is -3.70. The first-order valence-corrected chi connectivity index (χ1v) is 11.7. The maximum atomic E-state index is 14.9. The minimum Gasteiger partial charge on any atom is -0.373 e. The third kappa shape index (κ3) is 4.27. The number of pyridine rings is 1. The minimum atomic E-state index is -2.71. The van der Waals surface area contributed by atoms with Crippen molar-refractivity contribution in [3.05, 3.63) is 92.9 Å². The molecule has 0 N–H and O–H groups in total. The SMILES string of the molecule is O=c1c2c(nc3c(-c4ccc(F)cc4F)nc(C4CCOC(c5ccnc(C(F)F)c5)C4)cn13)COC2. The summed E-state index contributed by atoms with van der Waals surface area (Å²) >= 11 is 0. The molecule has 6 rings (SSSR count). The van der Waals surface area contributed by atoms with Gasteiger partial charge in [-0.25, -0.2) is 27.5 Å². The van der Waals surface area contributed by atoms with E-state index >= 15 is 0 Å². The number of hydrogen-bond donors (Lipinski definition) is 0. The molecule has 0 aliphatic carbocycles. The fraction of sp³-hybridized carbons (Fsp3) is 0.308. The van der Waals surface area contributed by atoms with Gasteiger partial charge < -0.3 is 9.47 Å². The van der Waals surface area contributed by atoms with Gasteiger partial charge in [-0.15, -0.1) is 0 Å². The normalized spacial score (nSPS) is 19.5. The standard InChI is InChI=1S/C26H20F4N4O3/c27-15-1-2-16(18(28)9-15)23-25-33-21-12-36-11-17(21)26(35)34(25)10-20(32-23)13-4-6-37-22(8-13)14-3-5-31-19(7-14)24(29)30/h1-3,5,7,9-10,13,22,24H,4,6,8,11-12H2. The lowest BCUT2D eigenvalue weighted by molar-refractivity contribution is 0.00433. The molecule has 190 valence electrons. The zero-order valence-corrected chi connectivity index (χ0v) is 19.3. The molecule has 1 aromatic carbocycles. The average Bonchev–Trinajstić information content (AvgIpc) is 3.38. The molecule has 2 unspecified atom stereocenters. The number of fused-ring (bicyclic) bond motifs is 2. The predicted molar refractivity (Wildman–Crippen MR) is 123 cm³/mol. The van der Waals surface area contributed by atoms with Crippen molar-refractivity contribution in [1.82, 2.24) is 19.4 Å². The number of alkyl halides is 2. The molecule has 2 aliphatic heterocycles. The topological polar surface area (TPSA) is 78.6 Å². The van der Waals surface area contributed by atoms with E-state index in [0.29, 0.717) is 42.0 Å². The van der Waals surface area contributed by atoms with E-state index in [1.54, 1.807) is 12.3 Å². The molecule has 2 aliphatic rings. The monoisotopic (exact) mass is 512 g/mol. The van der Waals surface area contributed by atoms with Crippen LogP contribution in [0.25, 0.3) is 16.9 Å². The van der Waals surface area contributed by atoms with E-state index in [9.17, 15) is 22.4 Å². The zero-order chi connectivity index (χ0) is 25.7. The van der Waals surface area contributed by atoms with Crippen LogP contribution in [0, 0.1) is 11.6 Å². The van der Waals surface area contributed by atoms with E-state index in [2.05, 4.69) is 9.97 Å². The van der Waals surface area contributed by atoms with Gasteiger partial charge in [0.05, 0.1) is 36.3 Å². The summed E-state index contributed by atoms with van der Waals surface area (Å²) in [5, 5.41) is 0. The van der Waals surface area contributed by atoms with E-state index in [1.807, 2.05) is 0 Å². The Morgan fingerprint density at radius 2 is 1.95 bits per heavy atom. The van der Waals surface area contributed by atoms with Gasteiger partial charge >= 0.3 is 0 Å². The molecule has 11 heteroatoms. The van der Waals surface area contributed by atoms with Crippen LogP contribution in [0.15, 0.2) is 47.5 Å². The number of ether oxygens (including phenoxy) is 2. The predicted octanol–water partition coefficient (Wildman–Crippen LogP) is 5.03. The van der Waals surface area contributed by atoms with Crippen LogP contribution in [0.3, 0.4) is 0 Å². The maximum Gasteiger partial charge on any atom is 0.280 e. The zero-order valence-electron chi connectivity index (χ0n) is 19.3. The van der Waals surface area contributed by atoms with Crippen LogP contribution in [0.2, 0.25) is 0 Å². The van der Waals surface area contributed by atoms with Crippen LogP contribution in [0.4, 0.5) is 17.6 Å². The Balaban J connectivity index is 1.47. The van der Waals surface area contributed by atoms with Crippen molar-refractivity contribution in [2.24, 2.45) is 0 Å². The van der Waals surface area contributed by atoms with Gasteiger partial charge in [0.2, 0.25) is 0 Å². The second kappa shape index (κ2) is 9.31. The third-order valence-corrected chi connectivity index (χ3v) is 6.78. The van der Waals surface area contributed by atoms with E-state index in [0.717, 1.165) is 12.1 Å². The highest BCUT2D eigenvalue weighted by Gasteiger charge is 2.29. The molecule has 0 spiro atoms. The number of halogens is 4. The van der Waals surface area contributed by atoms with Crippen LogP contribution in [-0.2, 0) is 22.7 Å². The molecule has 2 atom stereocenters. The van der Waals surface area contributed by atoms with Crippen LogP contribution in [-0.4, -0.2) is 26.0 Å². The average molecular weight is 512 g/mol. The van der Waals surface area contributed by atoms with Gasteiger partial charge in [0, 0.05) is 36.5 Å². The molecular weight excluding hydrogens is 492 g/mol. The van der Waals surface area contributed by atoms with E-state index in [-0.39, 0.29) is 47.3 Å². The van der Waals surface area contributed by atoms with Crippen molar-refractivity contribution in [1.29, 1.82) is 0 Å². The van der Waals surface area contributed by atoms with Gasteiger partial charge in [-0.2, -0.15) is 0 Å². The molecule has 37 heavy (non-hydrogen) atoms. The molecule has 0 amide bonds. The Morgan fingerprint density at radius 1 is 1.08 bits per heavy atom. The van der Waals surface area contributed by atoms with Gasteiger partial charge in [-0.05, 0) is 42.7 Å². The van der Waals surface area contributed by atoms with E-state index in [1.165, 1.54) is 22.7 Å². The fourth-order valence-electron chi connectivity index (χ4n) is 4.90. The van der Waals surface area contributed by atoms with Crippen LogP contribution in [0.5, 0.6) is 0 Å². The molecule has 0 bridgehead atoms. The van der Waals surface area contributed by atoms with E-state index in [4.69, 9.17) is 14.5 Å². The van der Waals surface area contributed by atoms with Crippen LogP contribution in [0.1, 0.15) is 59.5 Å². The molecule has 5 heterocycles. The molecule has 1 saturated heterocycles. The van der Waals surface area contributed by atoms with Crippen molar-refractivity contribution in [3.63, 3.8) is 0 Å². The van der Waals surface area contributed by atoms with Crippen molar-refractivity contribution in [2.45, 2.75) is 44.5 Å². The lowest BCUT2D eigenvalue weighted by Gasteiger charge is -2.30. The van der Waals surface area contributed by atoms with Crippen molar-refractivity contribution >= 4 is 5.65 Å². The molecule has 0 radical (unpaired) electrons. The lowest BCUT2D eigenvalue weighted by atomic mass is 9.89. The fourth-order valence-corrected chi connectivity index (χ4v) is 4.90. The highest BCUT2D eigenvalue weighted by molar-refractivity contribution is 5.74. The van der Waals surface area contributed by atoms with Gasteiger partial charge in [-0.1, -0.05) is 0 Å². The number of hydrogen-bond acceptors (Lipinski definition) is 6. The van der Waals surface area contributed by atoms with Crippen molar-refractivity contribution in [2.75, 3.05) is 6.61 Å². The summed E-state index contributed by atoms with van der Waals surface area (Å²) in [4.78, 5) is 26.3. The number of benzene rings is 1. The summed E-state index contributed by atoms with van der Waals surface area (Å²) in [6, 6.07) is 6.09. The molecule has 0 saturated carbocycles. The summed E-state index contributed by atoms with van der Waals surface area (Å²) < 4.78 is 67.5. The Morgan fingerprint density at radius 3 is 2.76 bits per heavy atom. The summed E-state index contributed by atoms with van der Waals surface area (Å²) in [5.41, 5.74) is 1.50.